The van der Waals surface area contributed by atoms with Crippen LogP contribution in [0.15, 0.2) is 80.1 Å². The molecule has 1 aliphatic heterocycles. The highest BCUT2D eigenvalue weighted by Crippen LogP contribution is 2.37. The molecule has 1 atom stereocenters. The summed E-state index contributed by atoms with van der Waals surface area (Å²) in [6, 6.07) is 15.3. The van der Waals surface area contributed by atoms with Crippen molar-refractivity contribution < 1.29 is 23.7 Å². The smallest absolute Gasteiger partial charge is 0.338 e. The molecule has 4 aromatic rings. The van der Waals surface area contributed by atoms with Crippen LogP contribution in [0.25, 0.3) is 6.08 Å². The van der Waals surface area contributed by atoms with Gasteiger partial charge in [0.1, 0.15) is 18.4 Å². The molecule has 12 heteroatoms. The number of nitrogens with zero attached hydrogens (tertiary/aromatic N) is 2. The molecule has 5 rings (SSSR count). The predicted octanol–water partition coefficient (Wildman–Crippen LogP) is 7.24. The van der Waals surface area contributed by atoms with Crippen LogP contribution in [0.4, 0.5) is 0 Å². The van der Waals surface area contributed by atoms with Crippen LogP contribution < -0.4 is 29.1 Å². The Hall–Kier alpha value is -3.57. The second-order valence-corrected chi connectivity index (χ2v) is 13.4. The summed E-state index contributed by atoms with van der Waals surface area (Å²) in [5.41, 5.74) is 2.54. The number of hydrogen-bond acceptors (Lipinski definition) is 8. The second-order valence-electron chi connectivity index (χ2n) is 10.6. The average Bonchev–Trinajstić information content (AvgIpc) is 3.30. The zero-order chi connectivity index (χ0) is 33.1. The maximum absolute atomic E-state index is 14.2. The lowest BCUT2D eigenvalue weighted by molar-refractivity contribution is -0.143. The van der Waals surface area contributed by atoms with Gasteiger partial charge in [0, 0.05) is 25.6 Å². The lowest BCUT2D eigenvalue weighted by Crippen LogP contribution is -2.40. The number of allylic oxidation sites excluding steroid dienone is 1. The van der Waals surface area contributed by atoms with Crippen molar-refractivity contribution >= 4 is 62.5 Å². The largest absolute Gasteiger partial charge is 0.496 e. The minimum absolute atomic E-state index is 0.216. The number of rotatable bonds is 10. The second kappa shape index (κ2) is 14.5. The maximum atomic E-state index is 14.2. The minimum atomic E-state index is -0.827. The highest BCUT2D eigenvalue weighted by Gasteiger charge is 2.35. The SMILES string of the molecule is CCOc1cc(/C=c2\sc3n(c2=O)[C@@H](c2cc(Br)ccc2OC)C(C(=O)OC(C)C)=C(C)N=3)ccc1OCc1ccc(Cl)cc1Cl. The van der Waals surface area contributed by atoms with E-state index in [1.807, 2.05) is 37.3 Å². The molecule has 240 valence electrons. The molecule has 0 N–H and O–H groups in total. The average molecular weight is 747 g/mol. The van der Waals surface area contributed by atoms with E-state index in [1.54, 1.807) is 58.2 Å². The predicted molar refractivity (Wildman–Crippen MR) is 184 cm³/mol. The maximum Gasteiger partial charge on any atom is 0.338 e. The Morgan fingerprint density at radius 2 is 1.83 bits per heavy atom. The Kier molecular flexibility index (Phi) is 10.6. The van der Waals surface area contributed by atoms with Crippen molar-refractivity contribution in [2.75, 3.05) is 13.7 Å². The van der Waals surface area contributed by atoms with E-state index in [4.69, 9.17) is 42.1 Å². The summed E-state index contributed by atoms with van der Waals surface area (Å²) in [6.45, 7) is 7.80. The lowest BCUT2D eigenvalue weighted by Gasteiger charge is -2.26. The van der Waals surface area contributed by atoms with Crippen LogP contribution in [0, 0.1) is 0 Å². The monoisotopic (exact) mass is 744 g/mol. The van der Waals surface area contributed by atoms with Crippen LogP contribution in [0.5, 0.6) is 17.2 Å². The van der Waals surface area contributed by atoms with Crippen LogP contribution in [0.2, 0.25) is 10.0 Å². The van der Waals surface area contributed by atoms with Gasteiger partial charge in [0.25, 0.3) is 5.56 Å². The van der Waals surface area contributed by atoms with E-state index in [2.05, 4.69) is 20.9 Å². The fraction of sp³-hybridized carbons (Fsp3) is 0.265. The molecule has 0 saturated heterocycles. The summed E-state index contributed by atoms with van der Waals surface area (Å²) >= 11 is 17.1. The third kappa shape index (κ3) is 7.20. The van der Waals surface area contributed by atoms with Crippen LogP contribution in [-0.4, -0.2) is 30.4 Å². The minimum Gasteiger partial charge on any atom is -0.496 e. The number of carbonyl (C=O) groups is 1. The van der Waals surface area contributed by atoms with Gasteiger partial charge in [-0.1, -0.05) is 62.6 Å². The Morgan fingerprint density at radius 1 is 1.07 bits per heavy atom. The van der Waals surface area contributed by atoms with Crippen LogP contribution in [-0.2, 0) is 16.1 Å². The molecule has 3 aromatic carbocycles. The molecule has 0 bridgehead atoms. The first-order valence-corrected chi connectivity index (χ1v) is 16.8. The van der Waals surface area contributed by atoms with Gasteiger partial charge in [-0.25, -0.2) is 9.79 Å². The van der Waals surface area contributed by atoms with Gasteiger partial charge in [-0.2, -0.15) is 0 Å². The summed E-state index contributed by atoms with van der Waals surface area (Å²) in [5, 5.41) is 1.05. The summed E-state index contributed by atoms with van der Waals surface area (Å²) in [5.74, 6) is 1.01. The van der Waals surface area contributed by atoms with Gasteiger partial charge in [-0.15, -0.1) is 0 Å². The number of thiazole rings is 1. The third-order valence-electron chi connectivity index (χ3n) is 7.03. The third-order valence-corrected chi connectivity index (χ3v) is 9.10. The van der Waals surface area contributed by atoms with Crippen LogP contribution in [0.1, 0.15) is 50.4 Å². The number of methoxy groups -OCH3 is 1. The highest BCUT2D eigenvalue weighted by atomic mass is 79.9. The first-order valence-electron chi connectivity index (χ1n) is 14.4. The van der Waals surface area contributed by atoms with E-state index in [9.17, 15) is 9.59 Å². The van der Waals surface area contributed by atoms with Crippen molar-refractivity contribution in [3.63, 3.8) is 0 Å². The van der Waals surface area contributed by atoms with E-state index in [-0.39, 0.29) is 23.8 Å². The van der Waals surface area contributed by atoms with Gasteiger partial charge in [-0.05, 0) is 81.8 Å². The number of carbonyl (C=O) groups excluding carboxylic acids is 1. The standard InChI is InChI=1S/C34H31BrCl2N2O6S/c1-6-43-28-13-20(7-11-27(28)44-17-21-8-10-23(36)16-25(21)37)14-29-32(40)39-31(24-15-22(35)9-12-26(24)42-5)30(33(41)45-18(2)3)19(4)38-34(39)46-29/h7-16,18,31H,6,17H2,1-5H3/b29-14-/t31-/m0/s1. The number of ether oxygens (including phenoxy) is 4. The number of halogens is 3. The Balaban J connectivity index is 1.59. The van der Waals surface area contributed by atoms with Crippen LogP contribution >= 0.6 is 50.5 Å². The summed E-state index contributed by atoms with van der Waals surface area (Å²) < 4.78 is 25.9. The number of esters is 1. The first-order chi connectivity index (χ1) is 22.0. The number of fused-ring (bicyclic) bond motifs is 1. The fourth-order valence-electron chi connectivity index (χ4n) is 5.02. The molecule has 2 heterocycles. The van der Waals surface area contributed by atoms with Crippen LogP contribution in [0.3, 0.4) is 0 Å². The molecular weight excluding hydrogens is 715 g/mol. The molecule has 46 heavy (non-hydrogen) atoms. The van der Waals surface area contributed by atoms with Gasteiger partial charge in [0.2, 0.25) is 0 Å². The number of aromatic nitrogens is 1. The van der Waals surface area contributed by atoms with E-state index in [1.165, 1.54) is 15.9 Å². The van der Waals surface area contributed by atoms with Gasteiger partial charge >= 0.3 is 5.97 Å². The normalized spacial score (nSPS) is 14.6. The van der Waals surface area contributed by atoms with Crippen molar-refractivity contribution in [2.24, 2.45) is 4.99 Å². The number of benzene rings is 3. The van der Waals surface area contributed by atoms with Crippen molar-refractivity contribution in [1.82, 2.24) is 4.57 Å². The van der Waals surface area contributed by atoms with Gasteiger partial charge < -0.3 is 18.9 Å². The molecule has 0 unspecified atom stereocenters. The molecule has 1 aliphatic rings. The van der Waals surface area contributed by atoms with Crippen molar-refractivity contribution in [3.05, 3.63) is 117 Å². The Bertz CT molecular complexity index is 2020. The molecule has 8 nitrogen and oxygen atoms in total. The molecule has 1 aromatic heterocycles. The van der Waals surface area contributed by atoms with E-state index >= 15 is 0 Å². The van der Waals surface area contributed by atoms with E-state index in [0.29, 0.717) is 54.5 Å². The number of hydrogen-bond donors (Lipinski definition) is 0. The van der Waals surface area contributed by atoms with Gasteiger partial charge in [0.05, 0.1) is 35.6 Å². The quantitative estimate of drug-likeness (QED) is 0.159. The lowest BCUT2D eigenvalue weighted by atomic mass is 9.95. The van der Waals surface area contributed by atoms with Crippen molar-refractivity contribution in [2.45, 2.75) is 46.4 Å². The molecule has 0 amide bonds. The Labute approximate surface area is 288 Å². The Morgan fingerprint density at radius 3 is 2.52 bits per heavy atom. The molecule has 0 saturated carbocycles. The van der Waals surface area contributed by atoms with Crippen molar-refractivity contribution in [3.8, 4) is 17.2 Å². The molecule has 0 spiro atoms. The molecule has 0 radical (unpaired) electrons. The molecular formula is C34H31BrCl2N2O6S. The van der Waals surface area contributed by atoms with E-state index < -0.39 is 12.0 Å². The zero-order valence-electron chi connectivity index (χ0n) is 25.7. The highest BCUT2D eigenvalue weighted by molar-refractivity contribution is 9.10. The zero-order valence-corrected chi connectivity index (χ0v) is 29.6. The summed E-state index contributed by atoms with van der Waals surface area (Å²) in [4.78, 5) is 32.7. The summed E-state index contributed by atoms with van der Waals surface area (Å²) in [7, 11) is 1.55. The van der Waals surface area contributed by atoms with E-state index in [0.717, 1.165) is 15.6 Å². The van der Waals surface area contributed by atoms with Gasteiger partial charge in [0.15, 0.2) is 16.3 Å². The summed E-state index contributed by atoms with van der Waals surface area (Å²) in [6.07, 6.45) is 1.41. The fourth-order valence-corrected chi connectivity index (χ4v) is 6.91. The van der Waals surface area contributed by atoms with Gasteiger partial charge in [-0.3, -0.25) is 9.36 Å². The molecule has 0 aliphatic carbocycles. The molecule has 0 fully saturated rings. The first kappa shape index (κ1) is 33.8. The topological polar surface area (TPSA) is 88.4 Å². The van der Waals surface area contributed by atoms with Crippen molar-refractivity contribution in [1.29, 1.82) is 0 Å².